The van der Waals surface area contributed by atoms with Crippen LogP contribution < -0.4 is 0 Å². The van der Waals surface area contributed by atoms with E-state index < -0.39 is 0 Å². The lowest BCUT2D eigenvalue weighted by molar-refractivity contribution is 1.22. The lowest BCUT2D eigenvalue weighted by Gasteiger charge is -1.91. The van der Waals surface area contributed by atoms with Gasteiger partial charge in [0.05, 0.1) is 5.02 Å². The first-order valence-electron chi connectivity index (χ1n) is 2.74. The average Bonchev–Trinajstić information content (AvgIpc) is 2.05. The predicted octanol–water partition coefficient (Wildman–Crippen LogP) is 1.48. The molecule has 1 rings (SSSR count). The van der Waals surface area contributed by atoms with Crippen LogP contribution in [0.15, 0.2) is 12.1 Å². The van der Waals surface area contributed by atoms with E-state index in [1.54, 1.807) is 6.07 Å². The molecule has 1 aromatic rings. The van der Waals surface area contributed by atoms with Crippen LogP contribution in [0.1, 0.15) is 11.4 Å². The van der Waals surface area contributed by atoms with Crippen LogP contribution in [0.2, 0.25) is 5.02 Å². The van der Waals surface area contributed by atoms with Gasteiger partial charge in [-0.15, -0.1) is 0 Å². The van der Waals surface area contributed by atoms with Gasteiger partial charge in [0.2, 0.25) is 0 Å². The van der Waals surface area contributed by atoms with Gasteiger partial charge < -0.3 is 0 Å². The molecule has 0 fully saturated rings. The van der Waals surface area contributed by atoms with E-state index in [-0.39, 0.29) is 16.4 Å². The SMILES string of the molecule is N#Cc1ccc(Cl)c(C#N)n1. The molecule has 1 aromatic heterocycles. The molecule has 0 aliphatic heterocycles. The fourth-order valence-electron chi connectivity index (χ4n) is 0.583. The summed E-state index contributed by atoms with van der Waals surface area (Å²) in [6, 6.07) is 6.52. The molecule has 0 bridgehead atoms. The molecule has 0 N–H and O–H groups in total. The summed E-state index contributed by atoms with van der Waals surface area (Å²) in [5, 5.41) is 17.1. The number of nitriles is 2. The highest BCUT2D eigenvalue weighted by molar-refractivity contribution is 6.31. The molecule has 1 heterocycles. The van der Waals surface area contributed by atoms with E-state index in [4.69, 9.17) is 22.1 Å². The van der Waals surface area contributed by atoms with Crippen molar-refractivity contribution in [1.82, 2.24) is 4.98 Å². The summed E-state index contributed by atoms with van der Waals surface area (Å²) in [6.07, 6.45) is 0. The Morgan fingerprint density at radius 3 is 2.55 bits per heavy atom. The highest BCUT2D eigenvalue weighted by Gasteiger charge is 2.00. The van der Waals surface area contributed by atoms with Crippen molar-refractivity contribution in [3.05, 3.63) is 28.5 Å². The van der Waals surface area contributed by atoms with Crippen molar-refractivity contribution >= 4 is 11.6 Å². The van der Waals surface area contributed by atoms with Crippen molar-refractivity contribution < 1.29 is 0 Å². The molecule has 0 unspecified atom stereocenters. The lowest BCUT2D eigenvalue weighted by Crippen LogP contribution is -1.87. The predicted molar refractivity (Wildman–Crippen MR) is 38.7 cm³/mol. The van der Waals surface area contributed by atoms with E-state index in [9.17, 15) is 0 Å². The second-order valence-corrected chi connectivity index (χ2v) is 2.16. The van der Waals surface area contributed by atoms with E-state index in [2.05, 4.69) is 4.98 Å². The van der Waals surface area contributed by atoms with Gasteiger partial charge in [0.25, 0.3) is 0 Å². The maximum absolute atomic E-state index is 8.43. The summed E-state index contributed by atoms with van der Waals surface area (Å²) in [4.78, 5) is 3.66. The van der Waals surface area contributed by atoms with Gasteiger partial charge in [-0.05, 0) is 12.1 Å². The fraction of sp³-hybridized carbons (Fsp3) is 0. The van der Waals surface area contributed by atoms with Crippen LogP contribution >= 0.6 is 11.6 Å². The number of hydrogen-bond donors (Lipinski definition) is 0. The molecule has 0 aliphatic carbocycles. The van der Waals surface area contributed by atoms with Gasteiger partial charge in [-0.1, -0.05) is 11.6 Å². The minimum absolute atomic E-state index is 0.0886. The van der Waals surface area contributed by atoms with Crippen molar-refractivity contribution in [3.8, 4) is 12.1 Å². The number of nitrogens with zero attached hydrogens (tertiary/aromatic N) is 3. The smallest absolute Gasteiger partial charge is 0.160 e. The molecule has 0 saturated carbocycles. The Hall–Kier alpha value is -1.58. The van der Waals surface area contributed by atoms with Gasteiger partial charge in [0, 0.05) is 0 Å². The Morgan fingerprint density at radius 1 is 1.27 bits per heavy atom. The third kappa shape index (κ3) is 1.46. The molecule has 0 aliphatic rings. The third-order valence-corrected chi connectivity index (χ3v) is 1.37. The molecule has 0 spiro atoms. The molecule has 0 atom stereocenters. The quantitative estimate of drug-likeness (QED) is 0.582. The van der Waals surface area contributed by atoms with Gasteiger partial charge >= 0.3 is 0 Å². The van der Waals surface area contributed by atoms with E-state index in [1.165, 1.54) is 12.1 Å². The zero-order valence-corrected chi connectivity index (χ0v) is 6.13. The van der Waals surface area contributed by atoms with Gasteiger partial charge in [-0.2, -0.15) is 10.5 Å². The first-order chi connectivity index (χ1) is 5.27. The van der Waals surface area contributed by atoms with Gasteiger partial charge in [-0.25, -0.2) is 4.98 Å². The standard InChI is InChI=1S/C7H2ClN3/c8-6-2-1-5(3-9)11-7(6)4-10/h1-2H. The Bertz CT molecular complexity index is 359. The molecule has 11 heavy (non-hydrogen) atoms. The molecule has 0 aromatic carbocycles. The average molecular weight is 164 g/mol. The minimum Gasteiger partial charge on any atom is -0.225 e. The summed E-state index contributed by atoms with van der Waals surface area (Å²) < 4.78 is 0. The maximum Gasteiger partial charge on any atom is 0.160 e. The van der Waals surface area contributed by atoms with E-state index in [0.29, 0.717) is 0 Å². The van der Waals surface area contributed by atoms with Gasteiger partial charge in [0.1, 0.15) is 17.8 Å². The van der Waals surface area contributed by atoms with Crippen LogP contribution in [0.3, 0.4) is 0 Å². The number of hydrogen-bond acceptors (Lipinski definition) is 3. The Balaban J connectivity index is 3.29. The van der Waals surface area contributed by atoms with Crippen molar-refractivity contribution in [2.24, 2.45) is 0 Å². The van der Waals surface area contributed by atoms with Crippen molar-refractivity contribution in [2.75, 3.05) is 0 Å². The van der Waals surface area contributed by atoms with Crippen molar-refractivity contribution in [1.29, 1.82) is 10.5 Å². The van der Waals surface area contributed by atoms with E-state index >= 15 is 0 Å². The second kappa shape index (κ2) is 3.01. The summed E-state index contributed by atoms with van der Waals surface area (Å²) >= 11 is 5.56. The third-order valence-electron chi connectivity index (χ3n) is 1.07. The first kappa shape index (κ1) is 7.53. The number of aromatic nitrogens is 1. The summed E-state index contributed by atoms with van der Waals surface area (Å²) in [5.41, 5.74) is 0.289. The molecular weight excluding hydrogens is 162 g/mol. The summed E-state index contributed by atoms with van der Waals surface area (Å²) in [6.45, 7) is 0. The molecule has 0 amide bonds. The molecule has 3 nitrogen and oxygen atoms in total. The Morgan fingerprint density at radius 2 is 2.00 bits per heavy atom. The minimum atomic E-state index is 0.0886. The monoisotopic (exact) mass is 163 g/mol. The van der Waals surface area contributed by atoms with Crippen LogP contribution in [0, 0.1) is 22.7 Å². The normalized spacial score (nSPS) is 8.27. The molecule has 0 radical (unpaired) electrons. The van der Waals surface area contributed by atoms with Crippen LogP contribution in [0.4, 0.5) is 0 Å². The van der Waals surface area contributed by atoms with Crippen LogP contribution in [0.5, 0.6) is 0 Å². The van der Waals surface area contributed by atoms with E-state index in [1.807, 2.05) is 6.07 Å². The highest BCUT2D eigenvalue weighted by atomic mass is 35.5. The number of rotatable bonds is 0. The number of pyridine rings is 1. The number of halogens is 1. The maximum atomic E-state index is 8.43. The summed E-state index contributed by atoms with van der Waals surface area (Å²) in [5.74, 6) is 0. The molecule has 4 heteroatoms. The Kier molecular flexibility index (Phi) is 2.06. The Labute approximate surface area is 68.5 Å². The zero-order chi connectivity index (χ0) is 8.27. The summed E-state index contributed by atoms with van der Waals surface area (Å²) in [7, 11) is 0. The van der Waals surface area contributed by atoms with Crippen LogP contribution in [0.25, 0.3) is 0 Å². The zero-order valence-electron chi connectivity index (χ0n) is 5.37. The highest BCUT2D eigenvalue weighted by Crippen LogP contribution is 2.11. The fourth-order valence-corrected chi connectivity index (χ4v) is 0.730. The van der Waals surface area contributed by atoms with E-state index in [0.717, 1.165) is 0 Å². The van der Waals surface area contributed by atoms with Crippen molar-refractivity contribution in [2.45, 2.75) is 0 Å². The largest absolute Gasteiger partial charge is 0.225 e. The molecule has 52 valence electrons. The topological polar surface area (TPSA) is 60.5 Å². The van der Waals surface area contributed by atoms with Crippen LogP contribution in [-0.2, 0) is 0 Å². The van der Waals surface area contributed by atoms with Crippen LogP contribution in [-0.4, -0.2) is 4.98 Å². The molecule has 0 saturated heterocycles. The van der Waals surface area contributed by atoms with Crippen molar-refractivity contribution in [3.63, 3.8) is 0 Å². The van der Waals surface area contributed by atoms with Gasteiger partial charge in [-0.3, -0.25) is 0 Å². The molecular formula is C7H2ClN3. The van der Waals surface area contributed by atoms with Gasteiger partial charge in [0.15, 0.2) is 5.69 Å². The lowest BCUT2D eigenvalue weighted by atomic mass is 10.3. The first-order valence-corrected chi connectivity index (χ1v) is 3.12. The second-order valence-electron chi connectivity index (χ2n) is 1.75.